The van der Waals surface area contributed by atoms with Crippen molar-refractivity contribution in [3.8, 4) is 11.5 Å². The van der Waals surface area contributed by atoms with Crippen molar-refractivity contribution in [2.24, 2.45) is 0 Å². The topological polar surface area (TPSA) is 47.6 Å². The van der Waals surface area contributed by atoms with Crippen LogP contribution in [0.3, 0.4) is 0 Å². The number of benzene rings is 3. The first-order valence-corrected chi connectivity index (χ1v) is 8.41. The van der Waals surface area contributed by atoms with E-state index in [0.29, 0.717) is 19.6 Å². The van der Waals surface area contributed by atoms with Gasteiger partial charge in [-0.15, -0.1) is 0 Å². The molecular formula is C21H19NO3. The molecule has 1 atom stereocenters. The highest BCUT2D eigenvalue weighted by molar-refractivity contribution is 5.90. The molecule has 4 rings (SSSR count). The van der Waals surface area contributed by atoms with E-state index in [1.165, 1.54) is 0 Å². The highest BCUT2D eigenvalue weighted by atomic mass is 16.6. The van der Waals surface area contributed by atoms with Crippen LogP contribution in [0.4, 0.5) is 0 Å². The summed E-state index contributed by atoms with van der Waals surface area (Å²) in [4.78, 5) is 12.3. The molecule has 0 unspecified atom stereocenters. The van der Waals surface area contributed by atoms with Crippen molar-refractivity contribution in [2.75, 3.05) is 13.2 Å². The van der Waals surface area contributed by atoms with Gasteiger partial charge in [0, 0.05) is 0 Å². The van der Waals surface area contributed by atoms with E-state index < -0.39 is 0 Å². The number of carbonyl (C=O) groups excluding carboxylic acids is 1. The summed E-state index contributed by atoms with van der Waals surface area (Å²) >= 11 is 0. The minimum atomic E-state index is -0.175. The number of ether oxygens (including phenoxy) is 2. The summed E-state index contributed by atoms with van der Waals surface area (Å²) in [6.45, 7) is 0.865. The van der Waals surface area contributed by atoms with E-state index in [1.807, 2.05) is 54.6 Å². The van der Waals surface area contributed by atoms with Crippen LogP contribution in [-0.2, 0) is 11.2 Å². The molecule has 0 spiro atoms. The SMILES string of the molecule is O=C(Cc1cccc2ccccc12)NC[C@@H]1COc2ccccc2O1. The number of nitrogens with one attached hydrogen (secondary N) is 1. The zero-order valence-corrected chi connectivity index (χ0v) is 13.8. The minimum Gasteiger partial charge on any atom is -0.486 e. The van der Waals surface area contributed by atoms with E-state index in [1.54, 1.807) is 0 Å². The number of amides is 1. The summed E-state index contributed by atoms with van der Waals surface area (Å²) in [7, 11) is 0. The number of hydrogen-bond acceptors (Lipinski definition) is 3. The van der Waals surface area contributed by atoms with Gasteiger partial charge >= 0.3 is 0 Å². The van der Waals surface area contributed by atoms with Crippen molar-refractivity contribution in [3.63, 3.8) is 0 Å². The lowest BCUT2D eigenvalue weighted by molar-refractivity contribution is -0.120. The number of rotatable bonds is 4. The minimum absolute atomic E-state index is 0.0150. The molecule has 126 valence electrons. The molecular weight excluding hydrogens is 314 g/mol. The molecule has 4 heteroatoms. The van der Waals surface area contributed by atoms with Crippen molar-refractivity contribution in [3.05, 3.63) is 72.3 Å². The summed E-state index contributed by atoms with van der Waals surface area (Å²) in [5, 5.41) is 5.22. The standard InChI is InChI=1S/C21H19NO3/c23-21(12-16-8-5-7-15-6-1-2-9-18(15)16)22-13-17-14-24-19-10-3-4-11-20(19)25-17/h1-11,17H,12-14H2,(H,22,23)/t17-/m1/s1. The van der Waals surface area contributed by atoms with Gasteiger partial charge in [-0.25, -0.2) is 0 Å². The van der Waals surface area contributed by atoms with Crippen LogP contribution in [0.25, 0.3) is 10.8 Å². The Hall–Kier alpha value is -3.01. The quantitative estimate of drug-likeness (QED) is 0.796. The van der Waals surface area contributed by atoms with Crippen molar-refractivity contribution in [2.45, 2.75) is 12.5 Å². The molecule has 1 aliphatic rings. The molecule has 0 bridgehead atoms. The maximum absolute atomic E-state index is 12.3. The summed E-state index contributed by atoms with van der Waals surface area (Å²) in [6, 6.07) is 21.7. The second kappa shape index (κ2) is 6.85. The lowest BCUT2D eigenvalue weighted by Gasteiger charge is -2.26. The smallest absolute Gasteiger partial charge is 0.224 e. The van der Waals surface area contributed by atoms with Gasteiger partial charge in [0.15, 0.2) is 11.5 Å². The third-order valence-electron chi connectivity index (χ3n) is 4.33. The molecule has 25 heavy (non-hydrogen) atoms. The predicted molar refractivity (Wildman–Crippen MR) is 97.0 cm³/mol. The van der Waals surface area contributed by atoms with E-state index in [-0.39, 0.29) is 12.0 Å². The van der Waals surface area contributed by atoms with Crippen molar-refractivity contribution >= 4 is 16.7 Å². The Balaban J connectivity index is 1.37. The van der Waals surface area contributed by atoms with Crippen LogP contribution in [0.5, 0.6) is 11.5 Å². The third kappa shape index (κ3) is 3.43. The van der Waals surface area contributed by atoms with Gasteiger partial charge in [-0.05, 0) is 28.5 Å². The number of fused-ring (bicyclic) bond motifs is 2. The fourth-order valence-electron chi connectivity index (χ4n) is 3.07. The fraction of sp³-hybridized carbons (Fsp3) is 0.190. The van der Waals surface area contributed by atoms with Gasteiger partial charge < -0.3 is 14.8 Å². The largest absolute Gasteiger partial charge is 0.486 e. The molecule has 0 aromatic heterocycles. The average molecular weight is 333 g/mol. The first kappa shape index (κ1) is 15.5. The van der Waals surface area contributed by atoms with Gasteiger partial charge in [0.05, 0.1) is 13.0 Å². The van der Waals surface area contributed by atoms with Gasteiger partial charge in [-0.1, -0.05) is 54.6 Å². The van der Waals surface area contributed by atoms with Crippen LogP contribution < -0.4 is 14.8 Å². The first-order valence-electron chi connectivity index (χ1n) is 8.41. The Kier molecular flexibility index (Phi) is 4.25. The molecule has 4 nitrogen and oxygen atoms in total. The molecule has 0 saturated carbocycles. The summed E-state index contributed by atoms with van der Waals surface area (Å²) in [5.41, 5.74) is 1.03. The maximum atomic E-state index is 12.3. The lowest BCUT2D eigenvalue weighted by atomic mass is 10.0. The van der Waals surface area contributed by atoms with Crippen molar-refractivity contribution in [1.82, 2.24) is 5.32 Å². The van der Waals surface area contributed by atoms with Gasteiger partial charge in [-0.3, -0.25) is 4.79 Å². The lowest BCUT2D eigenvalue weighted by Crippen LogP contribution is -2.41. The van der Waals surface area contributed by atoms with Crippen LogP contribution in [0.15, 0.2) is 66.7 Å². The second-order valence-corrected chi connectivity index (χ2v) is 6.12. The Morgan fingerprint density at radius 2 is 1.72 bits per heavy atom. The predicted octanol–water partition coefficient (Wildman–Crippen LogP) is 3.34. The zero-order valence-electron chi connectivity index (χ0n) is 13.8. The van der Waals surface area contributed by atoms with Crippen LogP contribution >= 0.6 is 0 Å². The Labute approximate surface area is 146 Å². The molecule has 3 aromatic rings. The van der Waals surface area contributed by atoms with Gasteiger partial charge in [0.1, 0.15) is 12.7 Å². The van der Waals surface area contributed by atoms with E-state index in [2.05, 4.69) is 17.4 Å². The molecule has 0 fully saturated rings. The molecule has 0 radical (unpaired) electrons. The first-order chi connectivity index (χ1) is 12.3. The molecule has 1 N–H and O–H groups in total. The Bertz CT molecular complexity index is 901. The van der Waals surface area contributed by atoms with Crippen LogP contribution in [0.2, 0.25) is 0 Å². The molecule has 1 amide bonds. The van der Waals surface area contributed by atoms with E-state index in [9.17, 15) is 4.79 Å². The van der Waals surface area contributed by atoms with Crippen molar-refractivity contribution in [1.29, 1.82) is 0 Å². The monoisotopic (exact) mass is 333 g/mol. The van der Waals surface area contributed by atoms with Gasteiger partial charge in [-0.2, -0.15) is 0 Å². The molecule has 0 aliphatic carbocycles. The Morgan fingerprint density at radius 3 is 2.64 bits per heavy atom. The van der Waals surface area contributed by atoms with Gasteiger partial charge in [0.25, 0.3) is 0 Å². The molecule has 1 aliphatic heterocycles. The number of hydrogen-bond donors (Lipinski definition) is 1. The van der Waals surface area contributed by atoms with Crippen LogP contribution in [0.1, 0.15) is 5.56 Å². The zero-order chi connectivity index (χ0) is 17.1. The normalized spacial score (nSPS) is 15.8. The maximum Gasteiger partial charge on any atom is 0.224 e. The molecule has 0 saturated heterocycles. The summed E-state index contributed by atoms with van der Waals surface area (Å²) < 4.78 is 11.5. The fourth-order valence-corrected chi connectivity index (χ4v) is 3.07. The number of para-hydroxylation sites is 2. The molecule has 1 heterocycles. The highest BCUT2D eigenvalue weighted by Crippen LogP contribution is 2.30. The highest BCUT2D eigenvalue weighted by Gasteiger charge is 2.21. The van der Waals surface area contributed by atoms with E-state index in [0.717, 1.165) is 27.8 Å². The second-order valence-electron chi connectivity index (χ2n) is 6.12. The summed E-state index contributed by atoms with van der Waals surface area (Å²) in [6.07, 6.45) is 0.178. The summed E-state index contributed by atoms with van der Waals surface area (Å²) in [5.74, 6) is 1.46. The van der Waals surface area contributed by atoms with E-state index in [4.69, 9.17) is 9.47 Å². The van der Waals surface area contributed by atoms with E-state index >= 15 is 0 Å². The molecule has 3 aromatic carbocycles. The van der Waals surface area contributed by atoms with Gasteiger partial charge in [0.2, 0.25) is 5.91 Å². The third-order valence-corrected chi connectivity index (χ3v) is 4.33. The van der Waals surface area contributed by atoms with Crippen molar-refractivity contribution < 1.29 is 14.3 Å². The van der Waals surface area contributed by atoms with Crippen LogP contribution in [-0.4, -0.2) is 25.2 Å². The Morgan fingerprint density at radius 1 is 0.960 bits per heavy atom. The van der Waals surface area contributed by atoms with Crippen LogP contribution in [0, 0.1) is 0 Å². The number of carbonyl (C=O) groups is 1. The average Bonchev–Trinajstić information content (AvgIpc) is 2.66.